The van der Waals surface area contributed by atoms with Gasteiger partial charge in [-0.1, -0.05) is 23.2 Å². The second kappa shape index (κ2) is 5.81. The molecule has 3 aromatic rings. The third-order valence-corrected chi connectivity index (χ3v) is 4.11. The normalized spacial score (nSPS) is 11.1. The van der Waals surface area contributed by atoms with E-state index in [4.69, 9.17) is 34.7 Å². The molecule has 118 valence electrons. The minimum absolute atomic E-state index is 0.123. The molecule has 1 amide bonds. The largest absolute Gasteiger partial charge is 0.364 e. The number of hydrogen-bond acceptors (Lipinski definition) is 4. The monoisotopic (exact) mass is 349 g/mol. The summed E-state index contributed by atoms with van der Waals surface area (Å²) in [7, 11) is 0. The molecule has 4 N–H and O–H groups in total. The number of amides is 1. The number of aromatic nitrogens is 3. The molecule has 0 aliphatic carbocycles. The van der Waals surface area contributed by atoms with Crippen molar-refractivity contribution in [1.29, 1.82) is 0 Å². The molecular weight excluding hydrogens is 337 g/mol. The third-order valence-electron chi connectivity index (χ3n) is 3.56. The van der Waals surface area contributed by atoms with Crippen LogP contribution < -0.4 is 11.5 Å². The van der Waals surface area contributed by atoms with Gasteiger partial charge in [-0.25, -0.2) is 9.97 Å². The first kappa shape index (κ1) is 15.7. The van der Waals surface area contributed by atoms with Crippen molar-refractivity contribution in [2.45, 2.75) is 13.5 Å². The van der Waals surface area contributed by atoms with Crippen molar-refractivity contribution in [2.24, 2.45) is 11.5 Å². The van der Waals surface area contributed by atoms with Crippen LogP contribution >= 0.6 is 23.2 Å². The van der Waals surface area contributed by atoms with E-state index in [2.05, 4.69) is 9.97 Å². The van der Waals surface area contributed by atoms with Crippen LogP contribution in [0.3, 0.4) is 0 Å². The highest BCUT2D eigenvalue weighted by atomic mass is 35.5. The van der Waals surface area contributed by atoms with E-state index in [1.165, 1.54) is 6.20 Å². The molecular formula is C15H13Cl2N5O. The van der Waals surface area contributed by atoms with Gasteiger partial charge in [0, 0.05) is 34.6 Å². The zero-order valence-electron chi connectivity index (χ0n) is 12.2. The molecule has 0 aliphatic rings. The summed E-state index contributed by atoms with van der Waals surface area (Å²) in [5, 5.41) is 0.993. The number of imidazole rings is 1. The van der Waals surface area contributed by atoms with Gasteiger partial charge in [-0.05, 0) is 25.1 Å². The summed E-state index contributed by atoms with van der Waals surface area (Å²) in [6.07, 6.45) is 1.53. The Morgan fingerprint density at radius 1 is 1.30 bits per heavy atom. The summed E-state index contributed by atoms with van der Waals surface area (Å²) in [6, 6.07) is 5.17. The van der Waals surface area contributed by atoms with Gasteiger partial charge in [0.15, 0.2) is 0 Å². The fraction of sp³-hybridized carbons (Fsp3) is 0.133. The first-order valence-electron chi connectivity index (χ1n) is 6.76. The minimum atomic E-state index is -0.629. The number of halogens is 2. The number of benzene rings is 1. The van der Waals surface area contributed by atoms with Crippen molar-refractivity contribution in [3.8, 4) is 11.3 Å². The van der Waals surface area contributed by atoms with Crippen LogP contribution in [0.1, 0.15) is 21.7 Å². The van der Waals surface area contributed by atoms with E-state index < -0.39 is 5.91 Å². The van der Waals surface area contributed by atoms with Crippen molar-refractivity contribution in [2.75, 3.05) is 0 Å². The molecule has 0 saturated heterocycles. The molecule has 0 unspecified atom stereocenters. The van der Waals surface area contributed by atoms with Gasteiger partial charge in [0.05, 0.1) is 10.7 Å². The van der Waals surface area contributed by atoms with Gasteiger partial charge in [0.1, 0.15) is 5.69 Å². The number of fused-ring (bicyclic) bond motifs is 1. The SMILES string of the molecule is Cc1nc2nc(C(N)=O)cn2c(-c2ccc(Cl)cc2Cl)c1CN. The van der Waals surface area contributed by atoms with Crippen molar-refractivity contribution in [3.05, 3.63) is 51.4 Å². The van der Waals surface area contributed by atoms with E-state index in [1.807, 2.05) is 6.92 Å². The number of primary amides is 1. The maximum Gasteiger partial charge on any atom is 0.268 e. The molecule has 3 rings (SSSR count). The Labute approximate surface area is 142 Å². The smallest absolute Gasteiger partial charge is 0.268 e. The summed E-state index contributed by atoms with van der Waals surface area (Å²) < 4.78 is 1.67. The highest BCUT2D eigenvalue weighted by Crippen LogP contribution is 2.33. The molecule has 6 nitrogen and oxygen atoms in total. The van der Waals surface area contributed by atoms with Gasteiger partial charge in [-0.3, -0.25) is 9.20 Å². The molecule has 0 saturated carbocycles. The predicted octanol–water partition coefficient (Wildman–Crippen LogP) is 2.57. The molecule has 0 atom stereocenters. The average molecular weight is 350 g/mol. The Morgan fingerprint density at radius 2 is 2.04 bits per heavy atom. The average Bonchev–Trinajstić information content (AvgIpc) is 2.90. The Bertz CT molecular complexity index is 935. The van der Waals surface area contributed by atoms with Crippen LogP contribution in [-0.4, -0.2) is 20.3 Å². The number of hydrogen-bond donors (Lipinski definition) is 2. The van der Waals surface area contributed by atoms with E-state index in [1.54, 1.807) is 22.6 Å². The van der Waals surface area contributed by atoms with Crippen LogP contribution in [0.15, 0.2) is 24.4 Å². The number of carbonyl (C=O) groups is 1. The lowest BCUT2D eigenvalue weighted by Gasteiger charge is -2.14. The Kier molecular flexibility index (Phi) is 3.97. The minimum Gasteiger partial charge on any atom is -0.364 e. The molecule has 0 radical (unpaired) electrons. The number of nitrogens with zero attached hydrogens (tertiary/aromatic N) is 3. The fourth-order valence-electron chi connectivity index (χ4n) is 2.49. The van der Waals surface area contributed by atoms with Crippen molar-refractivity contribution < 1.29 is 4.79 Å². The highest BCUT2D eigenvalue weighted by Gasteiger charge is 2.19. The summed E-state index contributed by atoms with van der Waals surface area (Å²) in [4.78, 5) is 19.9. The lowest BCUT2D eigenvalue weighted by atomic mass is 10.0. The van der Waals surface area contributed by atoms with E-state index >= 15 is 0 Å². The Morgan fingerprint density at radius 3 is 2.65 bits per heavy atom. The van der Waals surface area contributed by atoms with Crippen molar-refractivity contribution in [3.63, 3.8) is 0 Å². The Hall–Kier alpha value is -2.15. The van der Waals surface area contributed by atoms with Gasteiger partial charge < -0.3 is 11.5 Å². The highest BCUT2D eigenvalue weighted by molar-refractivity contribution is 6.36. The van der Waals surface area contributed by atoms with Crippen molar-refractivity contribution in [1.82, 2.24) is 14.4 Å². The van der Waals surface area contributed by atoms with E-state index in [-0.39, 0.29) is 12.2 Å². The Balaban J connectivity index is 2.42. The van der Waals surface area contributed by atoms with E-state index in [0.29, 0.717) is 21.5 Å². The quantitative estimate of drug-likeness (QED) is 0.758. The summed E-state index contributed by atoms with van der Waals surface area (Å²) in [5.74, 6) is -0.273. The summed E-state index contributed by atoms with van der Waals surface area (Å²) in [5.41, 5.74) is 14.3. The topological polar surface area (TPSA) is 99.3 Å². The van der Waals surface area contributed by atoms with Gasteiger partial charge >= 0.3 is 0 Å². The number of rotatable bonds is 3. The fourth-order valence-corrected chi connectivity index (χ4v) is 2.98. The van der Waals surface area contributed by atoms with Crippen LogP contribution in [-0.2, 0) is 6.54 Å². The first-order chi connectivity index (χ1) is 10.9. The third kappa shape index (κ3) is 2.65. The van der Waals surface area contributed by atoms with Gasteiger partial charge in [-0.2, -0.15) is 0 Å². The van der Waals surface area contributed by atoms with Crippen LogP contribution in [0.2, 0.25) is 10.0 Å². The van der Waals surface area contributed by atoms with Crippen LogP contribution in [0, 0.1) is 6.92 Å². The van der Waals surface area contributed by atoms with Crippen LogP contribution in [0.25, 0.3) is 17.0 Å². The molecule has 2 aromatic heterocycles. The van der Waals surface area contributed by atoms with E-state index in [0.717, 1.165) is 16.8 Å². The molecule has 0 spiro atoms. The number of aryl methyl sites for hydroxylation is 1. The molecule has 23 heavy (non-hydrogen) atoms. The van der Waals surface area contributed by atoms with E-state index in [9.17, 15) is 4.79 Å². The van der Waals surface area contributed by atoms with Crippen LogP contribution in [0.5, 0.6) is 0 Å². The standard InChI is InChI=1S/C15H13Cl2N5O/c1-7-10(5-18)13(9-3-2-8(16)4-11(9)17)22-6-12(14(19)23)21-15(22)20-7/h2-4,6H,5,18H2,1H3,(H2,19,23). The van der Waals surface area contributed by atoms with Gasteiger partial charge in [0.25, 0.3) is 5.91 Å². The molecule has 8 heteroatoms. The maximum absolute atomic E-state index is 11.4. The second-order valence-corrected chi connectivity index (χ2v) is 5.86. The zero-order valence-corrected chi connectivity index (χ0v) is 13.7. The molecule has 2 heterocycles. The molecule has 0 fully saturated rings. The number of nitrogens with two attached hydrogens (primary N) is 2. The summed E-state index contributed by atoms with van der Waals surface area (Å²) in [6.45, 7) is 2.08. The lowest BCUT2D eigenvalue weighted by molar-refractivity contribution is 0.0996. The predicted molar refractivity (Wildman–Crippen MR) is 89.6 cm³/mol. The maximum atomic E-state index is 11.4. The van der Waals surface area contributed by atoms with Gasteiger partial charge in [-0.15, -0.1) is 0 Å². The second-order valence-electron chi connectivity index (χ2n) is 5.01. The number of carbonyl (C=O) groups excluding carboxylic acids is 1. The lowest BCUT2D eigenvalue weighted by Crippen LogP contribution is -2.10. The molecule has 0 aliphatic heterocycles. The first-order valence-corrected chi connectivity index (χ1v) is 7.52. The van der Waals surface area contributed by atoms with Gasteiger partial charge in [0.2, 0.25) is 5.78 Å². The molecule has 1 aromatic carbocycles. The van der Waals surface area contributed by atoms with Crippen molar-refractivity contribution >= 4 is 34.9 Å². The molecule has 0 bridgehead atoms. The summed E-state index contributed by atoms with van der Waals surface area (Å²) >= 11 is 12.3. The zero-order chi connectivity index (χ0) is 16.7. The van der Waals surface area contributed by atoms with Crippen LogP contribution in [0.4, 0.5) is 0 Å².